The van der Waals surface area contributed by atoms with Gasteiger partial charge in [-0.1, -0.05) is 0 Å². The fraction of sp³-hybridized carbons (Fsp3) is 0.909. The van der Waals surface area contributed by atoms with Gasteiger partial charge in [0, 0.05) is 31.6 Å². The van der Waals surface area contributed by atoms with Crippen LogP contribution in [0.3, 0.4) is 0 Å². The van der Waals surface area contributed by atoms with E-state index in [0.717, 1.165) is 25.8 Å². The molecule has 0 aromatic rings. The molecule has 0 radical (unpaired) electrons. The zero-order chi connectivity index (χ0) is 12.5. The minimum Gasteiger partial charge on any atom is -0.338 e. The van der Waals surface area contributed by atoms with E-state index in [4.69, 9.17) is 0 Å². The minimum atomic E-state index is -4.12. The largest absolute Gasteiger partial charge is 0.390 e. The molecule has 2 fully saturated rings. The van der Waals surface area contributed by atoms with Gasteiger partial charge < -0.3 is 10.2 Å². The lowest BCUT2D eigenvalue weighted by molar-refractivity contribution is -0.133. The van der Waals surface area contributed by atoms with Gasteiger partial charge in [-0.25, -0.2) is 0 Å². The second kappa shape index (κ2) is 4.84. The van der Waals surface area contributed by atoms with Crippen LogP contribution in [0.5, 0.6) is 0 Å². The molecule has 1 N–H and O–H groups in total. The molecular formula is C11H17F3N2O. The van der Waals surface area contributed by atoms with Crippen molar-refractivity contribution in [1.29, 1.82) is 0 Å². The Hall–Kier alpha value is -0.780. The normalized spacial score (nSPS) is 29.6. The van der Waals surface area contributed by atoms with E-state index < -0.39 is 12.6 Å². The standard InChI is InChI=1S/C11H17F3N2O/c12-11(13,14)4-5-15-8-7-10(17)16-6-2-1-3-9(8)16/h8-9,15H,1-7H2. The fourth-order valence-corrected chi connectivity index (χ4v) is 2.73. The Morgan fingerprint density at radius 2 is 2.12 bits per heavy atom. The highest BCUT2D eigenvalue weighted by Gasteiger charge is 2.40. The van der Waals surface area contributed by atoms with E-state index >= 15 is 0 Å². The Kier molecular flexibility index (Phi) is 3.61. The average molecular weight is 250 g/mol. The molecule has 2 atom stereocenters. The zero-order valence-corrected chi connectivity index (χ0v) is 9.59. The van der Waals surface area contributed by atoms with Crippen LogP contribution < -0.4 is 5.32 Å². The van der Waals surface area contributed by atoms with Gasteiger partial charge in [-0.15, -0.1) is 0 Å². The first-order valence-corrected chi connectivity index (χ1v) is 6.07. The zero-order valence-electron chi connectivity index (χ0n) is 9.59. The number of piperidine rings is 1. The predicted molar refractivity (Wildman–Crippen MR) is 56.4 cm³/mol. The van der Waals surface area contributed by atoms with Crippen molar-refractivity contribution in [2.45, 2.75) is 50.4 Å². The van der Waals surface area contributed by atoms with Crippen molar-refractivity contribution < 1.29 is 18.0 Å². The van der Waals surface area contributed by atoms with Crippen molar-refractivity contribution in [2.75, 3.05) is 13.1 Å². The third kappa shape index (κ3) is 3.12. The molecule has 2 aliphatic heterocycles. The lowest BCUT2D eigenvalue weighted by atomic mass is 9.99. The highest BCUT2D eigenvalue weighted by atomic mass is 19.4. The molecule has 6 heteroatoms. The van der Waals surface area contributed by atoms with Gasteiger partial charge in [0.2, 0.25) is 5.91 Å². The van der Waals surface area contributed by atoms with Crippen LogP contribution in [0, 0.1) is 0 Å². The van der Waals surface area contributed by atoms with E-state index in [1.807, 2.05) is 4.90 Å². The summed E-state index contributed by atoms with van der Waals surface area (Å²) in [5.41, 5.74) is 0. The maximum Gasteiger partial charge on any atom is 0.390 e. The summed E-state index contributed by atoms with van der Waals surface area (Å²) >= 11 is 0. The van der Waals surface area contributed by atoms with Gasteiger partial charge in [0.05, 0.1) is 6.42 Å². The molecule has 0 aliphatic carbocycles. The molecule has 2 aliphatic rings. The molecule has 3 nitrogen and oxygen atoms in total. The second-order valence-electron chi connectivity index (χ2n) is 4.78. The number of halogens is 3. The molecule has 0 spiro atoms. The molecule has 0 aromatic carbocycles. The number of alkyl halides is 3. The smallest absolute Gasteiger partial charge is 0.338 e. The Labute approximate surface area is 98.3 Å². The molecule has 0 bridgehead atoms. The Balaban J connectivity index is 1.83. The van der Waals surface area contributed by atoms with Crippen LogP contribution >= 0.6 is 0 Å². The summed E-state index contributed by atoms with van der Waals surface area (Å²) in [6, 6.07) is 0.0228. The molecule has 0 aromatic heterocycles. The van der Waals surface area contributed by atoms with Gasteiger partial charge in [-0.3, -0.25) is 4.79 Å². The fourth-order valence-electron chi connectivity index (χ4n) is 2.73. The molecule has 1 amide bonds. The number of hydrogen-bond donors (Lipinski definition) is 1. The molecule has 2 rings (SSSR count). The Morgan fingerprint density at radius 3 is 2.82 bits per heavy atom. The van der Waals surface area contributed by atoms with Crippen molar-refractivity contribution in [1.82, 2.24) is 10.2 Å². The van der Waals surface area contributed by atoms with Gasteiger partial charge in [-0.05, 0) is 19.3 Å². The van der Waals surface area contributed by atoms with E-state index in [1.54, 1.807) is 0 Å². The van der Waals surface area contributed by atoms with Crippen molar-refractivity contribution in [3.63, 3.8) is 0 Å². The number of carbonyl (C=O) groups is 1. The molecule has 98 valence electrons. The van der Waals surface area contributed by atoms with E-state index in [-0.39, 0.29) is 24.5 Å². The van der Waals surface area contributed by atoms with Gasteiger partial charge >= 0.3 is 6.18 Å². The third-order valence-electron chi connectivity index (χ3n) is 3.54. The third-order valence-corrected chi connectivity index (χ3v) is 3.54. The lowest BCUT2D eigenvalue weighted by Gasteiger charge is -2.32. The summed E-state index contributed by atoms with van der Waals surface area (Å²) < 4.78 is 36.1. The first-order chi connectivity index (χ1) is 7.97. The summed E-state index contributed by atoms with van der Waals surface area (Å²) in [5.74, 6) is 0.0826. The van der Waals surface area contributed by atoms with Gasteiger partial charge in [0.1, 0.15) is 0 Å². The number of fused-ring (bicyclic) bond motifs is 1. The van der Waals surface area contributed by atoms with Crippen LogP contribution in [0.4, 0.5) is 13.2 Å². The van der Waals surface area contributed by atoms with Gasteiger partial charge in [-0.2, -0.15) is 13.2 Å². The predicted octanol–water partition coefficient (Wildman–Crippen LogP) is 1.68. The Morgan fingerprint density at radius 1 is 1.35 bits per heavy atom. The summed E-state index contributed by atoms with van der Waals surface area (Å²) in [7, 11) is 0. The summed E-state index contributed by atoms with van der Waals surface area (Å²) in [5, 5.41) is 2.89. The molecule has 17 heavy (non-hydrogen) atoms. The number of nitrogens with one attached hydrogen (secondary N) is 1. The summed E-state index contributed by atoms with van der Waals surface area (Å²) in [4.78, 5) is 13.5. The summed E-state index contributed by atoms with van der Waals surface area (Å²) in [6.45, 7) is 0.673. The molecule has 2 unspecified atom stereocenters. The molecule has 0 saturated carbocycles. The van der Waals surface area contributed by atoms with Crippen molar-refractivity contribution >= 4 is 5.91 Å². The van der Waals surface area contributed by atoms with Gasteiger partial charge in [0.15, 0.2) is 0 Å². The molecule has 2 heterocycles. The maximum atomic E-state index is 12.0. The SMILES string of the molecule is O=C1CC(NCCC(F)(F)F)C2CCCCN12. The monoisotopic (exact) mass is 250 g/mol. The van der Waals surface area contributed by atoms with Crippen LogP contribution in [0.1, 0.15) is 32.1 Å². The van der Waals surface area contributed by atoms with E-state index in [2.05, 4.69) is 5.32 Å². The number of nitrogens with zero attached hydrogens (tertiary/aromatic N) is 1. The van der Waals surface area contributed by atoms with Crippen LogP contribution in [-0.4, -0.2) is 42.2 Å². The summed E-state index contributed by atoms with van der Waals surface area (Å²) in [6.07, 6.45) is -1.62. The lowest BCUT2D eigenvalue weighted by Crippen LogP contribution is -2.46. The number of carbonyl (C=O) groups excluding carboxylic acids is 1. The quantitative estimate of drug-likeness (QED) is 0.826. The van der Waals surface area contributed by atoms with Crippen molar-refractivity contribution in [2.24, 2.45) is 0 Å². The van der Waals surface area contributed by atoms with E-state index in [9.17, 15) is 18.0 Å². The number of amides is 1. The van der Waals surface area contributed by atoms with Crippen molar-refractivity contribution in [3.05, 3.63) is 0 Å². The van der Waals surface area contributed by atoms with Crippen molar-refractivity contribution in [3.8, 4) is 0 Å². The molecular weight excluding hydrogens is 233 g/mol. The highest BCUT2D eigenvalue weighted by Crippen LogP contribution is 2.28. The topological polar surface area (TPSA) is 32.3 Å². The van der Waals surface area contributed by atoms with Crippen LogP contribution in [0.15, 0.2) is 0 Å². The second-order valence-corrected chi connectivity index (χ2v) is 4.78. The molecule has 2 saturated heterocycles. The van der Waals surface area contributed by atoms with Crippen LogP contribution in [-0.2, 0) is 4.79 Å². The van der Waals surface area contributed by atoms with E-state index in [0.29, 0.717) is 6.42 Å². The number of rotatable bonds is 3. The van der Waals surface area contributed by atoms with Crippen LogP contribution in [0.25, 0.3) is 0 Å². The van der Waals surface area contributed by atoms with Crippen LogP contribution in [0.2, 0.25) is 0 Å². The first-order valence-electron chi connectivity index (χ1n) is 6.07. The first kappa shape index (κ1) is 12.7. The Bertz CT molecular complexity index is 293. The minimum absolute atomic E-state index is 0.0826. The maximum absolute atomic E-state index is 12.0. The van der Waals surface area contributed by atoms with E-state index in [1.165, 1.54) is 0 Å². The average Bonchev–Trinajstić information content (AvgIpc) is 2.55. The highest BCUT2D eigenvalue weighted by molar-refractivity contribution is 5.80. The number of hydrogen-bond acceptors (Lipinski definition) is 2. The van der Waals surface area contributed by atoms with Gasteiger partial charge in [0.25, 0.3) is 0 Å².